The summed E-state index contributed by atoms with van der Waals surface area (Å²) in [6.45, 7) is 5.70. The summed E-state index contributed by atoms with van der Waals surface area (Å²) in [6, 6.07) is 4.21. The molecule has 0 saturated carbocycles. The van der Waals surface area contributed by atoms with Crippen LogP contribution in [0.1, 0.15) is 20.5 Å². The molecule has 2 aromatic rings. The van der Waals surface area contributed by atoms with Gasteiger partial charge in [0.2, 0.25) is 0 Å². The Morgan fingerprint density at radius 1 is 1.36 bits per heavy atom. The van der Waals surface area contributed by atoms with E-state index in [1.807, 2.05) is 21.0 Å². The van der Waals surface area contributed by atoms with Crippen LogP contribution >= 0.6 is 62.6 Å². The van der Waals surface area contributed by atoms with Crippen molar-refractivity contribution in [3.8, 4) is 0 Å². The van der Waals surface area contributed by atoms with Gasteiger partial charge in [0, 0.05) is 23.8 Å². The molecule has 0 amide bonds. The molecule has 122 valence electrons. The lowest BCUT2D eigenvalue weighted by atomic mass is 10.4. The predicted octanol–water partition coefficient (Wildman–Crippen LogP) is 4.41. The Kier molecular flexibility index (Phi) is 8.29. The molecule has 4 nitrogen and oxygen atoms in total. The fourth-order valence-corrected chi connectivity index (χ4v) is 4.44. The fourth-order valence-electron chi connectivity index (χ4n) is 2.03. The number of hydrogen-bond donors (Lipinski definition) is 1. The van der Waals surface area contributed by atoms with Crippen LogP contribution in [0.5, 0.6) is 0 Å². The first-order chi connectivity index (χ1) is 9.99. The Balaban J connectivity index is 0.00000242. The number of guanidine groups is 1. The molecule has 0 aliphatic heterocycles. The number of thiophene rings is 1. The van der Waals surface area contributed by atoms with E-state index in [0.717, 1.165) is 33.5 Å². The van der Waals surface area contributed by atoms with Crippen LogP contribution in [-0.4, -0.2) is 29.9 Å². The number of aliphatic imine (C=N–C) groups is 1. The topological polar surface area (TPSA) is 40.5 Å². The predicted molar refractivity (Wildman–Crippen MR) is 111 cm³/mol. The van der Waals surface area contributed by atoms with Crippen LogP contribution in [0.15, 0.2) is 20.9 Å². The number of nitrogens with one attached hydrogen (secondary N) is 1. The number of aromatic nitrogens is 1. The molecule has 0 unspecified atom stereocenters. The first-order valence-electron chi connectivity index (χ1n) is 6.58. The molecule has 0 spiro atoms. The van der Waals surface area contributed by atoms with Crippen LogP contribution < -0.4 is 5.32 Å². The van der Waals surface area contributed by atoms with Crippen molar-refractivity contribution in [2.24, 2.45) is 4.99 Å². The molecule has 8 heteroatoms. The first-order valence-corrected chi connectivity index (χ1v) is 9.01. The highest BCUT2D eigenvalue weighted by Gasteiger charge is 2.10. The lowest BCUT2D eigenvalue weighted by Crippen LogP contribution is -2.37. The quantitative estimate of drug-likeness (QED) is 0.373. The van der Waals surface area contributed by atoms with Gasteiger partial charge in [-0.3, -0.25) is 4.99 Å². The van der Waals surface area contributed by atoms with Gasteiger partial charge < -0.3 is 10.2 Å². The highest BCUT2D eigenvalue weighted by molar-refractivity contribution is 14.0. The lowest BCUT2D eigenvalue weighted by Gasteiger charge is -2.21. The zero-order valence-corrected chi connectivity index (χ0v) is 18.6. The molecule has 2 rings (SSSR count). The summed E-state index contributed by atoms with van der Waals surface area (Å²) in [5.74, 6) is 0.893. The number of aryl methyl sites for hydroxylation is 2. The lowest BCUT2D eigenvalue weighted by molar-refractivity contribution is 0.481. The van der Waals surface area contributed by atoms with Crippen molar-refractivity contribution < 1.29 is 0 Å². The van der Waals surface area contributed by atoms with Gasteiger partial charge in [-0.05, 0) is 41.9 Å². The van der Waals surface area contributed by atoms with E-state index in [-0.39, 0.29) is 24.0 Å². The Bertz CT molecular complexity index is 639. The van der Waals surface area contributed by atoms with Crippen LogP contribution in [0, 0.1) is 13.8 Å². The van der Waals surface area contributed by atoms with E-state index in [1.165, 1.54) is 9.75 Å². The van der Waals surface area contributed by atoms with Crippen LogP contribution in [-0.2, 0) is 13.1 Å². The van der Waals surface area contributed by atoms with E-state index in [9.17, 15) is 0 Å². The number of rotatable bonds is 4. The molecule has 0 aromatic carbocycles. The van der Waals surface area contributed by atoms with Gasteiger partial charge in [0.1, 0.15) is 0 Å². The molecular formula is C14H20BrIN4S2. The number of halogens is 2. The summed E-state index contributed by atoms with van der Waals surface area (Å²) in [4.78, 5) is 13.5. The number of hydrogen-bond acceptors (Lipinski definition) is 4. The second kappa shape index (κ2) is 9.19. The summed E-state index contributed by atoms with van der Waals surface area (Å²) in [7, 11) is 3.86. The summed E-state index contributed by atoms with van der Waals surface area (Å²) < 4.78 is 1.16. The van der Waals surface area contributed by atoms with Crippen LogP contribution in [0.4, 0.5) is 0 Å². The maximum Gasteiger partial charge on any atom is 0.194 e. The molecule has 0 saturated heterocycles. The highest BCUT2D eigenvalue weighted by Crippen LogP contribution is 2.23. The molecular weight excluding hydrogens is 495 g/mol. The molecule has 1 N–H and O–H groups in total. The van der Waals surface area contributed by atoms with Crippen molar-refractivity contribution >= 4 is 68.5 Å². The second-order valence-electron chi connectivity index (χ2n) is 4.70. The van der Waals surface area contributed by atoms with Crippen molar-refractivity contribution in [3.05, 3.63) is 36.4 Å². The fraction of sp³-hybridized carbons (Fsp3) is 0.429. The van der Waals surface area contributed by atoms with Gasteiger partial charge in [-0.1, -0.05) is 0 Å². The van der Waals surface area contributed by atoms with Crippen LogP contribution in [0.25, 0.3) is 0 Å². The zero-order chi connectivity index (χ0) is 15.4. The summed E-state index contributed by atoms with van der Waals surface area (Å²) in [5.41, 5.74) is 1.10. The maximum atomic E-state index is 4.45. The average molecular weight is 515 g/mol. The van der Waals surface area contributed by atoms with Crippen molar-refractivity contribution in [1.29, 1.82) is 0 Å². The van der Waals surface area contributed by atoms with Crippen molar-refractivity contribution in [2.45, 2.75) is 26.9 Å². The molecule has 2 heterocycles. The van der Waals surface area contributed by atoms with Gasteiger partial charge in [-0.2, -0.15) is 0 Å². The van der Waals surface area contributed by atoms with Crippen molar-refractivity contribution in [2.75, 3.05) is 14.1 Å². The Labute approximate surface area is 165 Å². The van der Waals surface area contributed by atoms with E-state index in [1.54, 1.807) is 22.7 Å². The van der Waals surface area contributed by atoms with Gasteiger partial charge in [0.25, 0.3) is 0 Å². The molecule has 0 radical (unpaired) electrons. The molecule has 2 aromatic heterocycles. The van der Waals surface area contributed by atoms with E-state index in [0.29, 0.717) is 0 Å². The Morgan fingerprint density at radius 2 is 2.09 bits per heavy atom. The Hall–Kier alpha value is -0.190. The summed E-state index contributed by atoms with van der Waals surface area (Å²) in [5, 5.41) is 4.51. The number of nitrogens with zero attached hydrogens (tertiary/aromatic N) is 3. The van der Waals surface area contributed by atoms with Gasteiger partial charge >= 0.3 is 0 Å². The SMILES string of the molecule is CN=C(NCc1sc(C)nc1C)N(C)Cc1ccc(Br)s1.I. The molecule has 0 fully saturated rings. The molecule has 0 atom stereocenters. The van der Waals surface area contributed by atoms with Gasteiger partial charge in [-0.25, -0.2) is 4.98 Å². The van der Waals surface area contributed by atoms with Crippen molar-refractivity contribution in [3.63, 3.8) is 0 Å². The third-order valence-corrected chi connectivity index (χ3v) is 5.68. The first kappa shape index (κ1) is 19.9. The minimum atomic E-state index is 0. The largest absolute Gasteiger partial charge is 0.351 e. The standard InChI is InChI=1S/C14H19BrN4S2.HI/c1-9-12(20-10(2)18-9)7-17-14(16-3)19(4)8-11-5-6-13(15)21-11;/h5-6H,7-8H2,1-4H3,(H,16,17);1H. The van der Waals surface area contributed by atoms with Crippen LogP contribution in [0.2, 0.25) is 0 Å². The van der Waals surface area contributed by atoms with E-state index >= 15 is 0 Å². The normalized spacial score (nSPS) is 11.2. The monoisotopic (exact) mass is 514 g/mol. The van der Waals surface area contributed by atoms with E-state index in [4.69, 9.17) is 0 Å². The van der Waals surface area contributed by atoms with Gasteiger partial charge in [-0.15, -0.1) is 46.7 Å². The summed E-state index contributed by atoms with van der Waals surface area (Å²) in [6.07, 6.45) is 0. The maximum absolute atomic E-state index is 4.45. The number of thiazole rings is 1. The van der Waals surface area contributed by atoms with Gasteiger partial charge in [0.15, 0.2) is 5.96 Å². The van der Waals surface area contributed by atoms with E-state index in [2.05, 4.69) is 55.2 Å². The van der Waals surface area contributed by atoms with Gasteiger partial charge in [0.05, 0.1) is 27.6 Å². The highest BCUT2D eigenvalue weighted by atomic mass is 127. The molecule has 0 bridgehead atoms. The zero-order valence-electron chi connectivity index (χ0n) is 13.0. The van der Waals surface area contributed by atoms with Crippen LogP contribution in [0.3, 0.4) is 0 Å². The second-order valence-corrected chi connectivity index (χ2v) is 8.54. The average Bonchev–Trinajstić information content (AvgIpc) is 2.96. The Morgan fingerprint density at radius 3 is 2.59 bits per heavy atom. The molecule has 0 aliphatic carbocycles. The third kappa shape index (κ3) is 5.47. The molecule has 22 heavy (non-hydrogen) atoms. The minimum Gasteiger partial charge on any atom is -0.351 e. The minimum absolute atomic E-state index is 0. The van der Waals surface area contributed by atoms with E-state index < -0.39 is 0 Å². The third-order valence-electron chi connectivity index (χ3n) is 3.00. The van der Waals surface area contributed by atoms with Crippen molar-refractivity contribution in [1.82, 2.24) is 15.2 Å². The molecule has 0 aliphatic rings. The summed E-state index contributed by atoms with van der Waals surface area (Å²) >= 11 is 6.98. The smallest absolute Gasteiger partial charge is 0.194 e.